The van der Waals surface area contributed by atoms with Crippen molar-refractivity contribution in [1.82, 2.24) is 9.97 Å². The third-order valence-electron chi connectivity index (χ3n) is 3.03. The Hall–Kier alpha value is -2.74. The molecule has 0 bridgehead atoms. The van der Waals surface area contributed by atoms with E-state index in [-0.39, 0.29) is 24.7 Å². The van der Waals surface area contributed by atoms with E-state index in [1.165, 1.54) is 36.7 Å². The van der Waals surface area contributed by atoms with Crippen molar-refractivity contribution in [2.45, 2.75) is 32.5 Å². The summed E-state index contributed by atoms with van der Waals surface area (Å²) in [6, 6.07) is 5.52. The summed E-state index contributed by atoms with van der Waals surface area (Å²) in [5.41, 5.74) is -0.504. The molecule has 0 saturated carbocycles. The van der Waals surface area contributed by atoms with E-state index in [4.69, 9.17) is 9.47 Å². The second kappa shape index (κ2) is 8.57. The molecule has 1 atom stereocenters. The van der Waals surface area contributed by atoms with E-state index in [1.807, 2.05) is 0 Å². The lowest BCUT2D eigenvalue weighted by Gasteiger charge is -2.19. The van der Waals surface area contributed by atoms with Crippen molar-refractivity contribution in [2.75, 3.05) is 18.5 Å². The van der Waals surface area contributed by atoms with E-state index in [9.17, 15) is 14.3 Å². The van der Waals surface area contributed by atoms with Gasteiger partial charge in [-0.15, -0.1) is 0 Å². The Balaban J connectivity index is 1.78. The molecule has 0 radical (unpaired) electrons. The molecule has 0 aliphatic heterocycles. The molecule has 2 aromatic rings. The first kappa shape index (κ1) is 19.6. The molecule has 0 amide bonds. The van der Waals surface area contributed by atoms with E-state index >= 15 is 0 Å². The molecule has 1 heterocycles. The molecule has 140 valence electrons. The topological polar surface area (TPSA) is 93.6 Å². The fourth-order valence-corrected chi connectivity index (χ4v) is 1.86. The van der Waals surface area contributed by atoms with E-state index in [0.717, 1.165) is 0 Å². The Kier molecular flexibility index (Phi) is 6.46. The Morgan fingerprint density at radius 2 is 1.92 bits per heavy atom. The maximum absolute atomic E-state index is 12.8. The highest BCUT2D eigenvalue weighted by Gasteiger charge is 2.19. The number of nitrogens with one attached hydrogen (secondary N) is 1. The van der Waals surface area contributed by atoms with Crippen molar-refractivity contribution in [3.63, 3.8) is 0 Å². The van der Waals surface area contributed by atoms with Gasteiger partial charge in [0.25, 0.3) is 0 Å². The van der Waals surface area contributed by atoms with Crippen LogP contribution >= 0.6 is 0 Å². The number of rotatable bonds is 7. The van der Waals surface area contributed by atoms with Gasteiger partial charge in [0.1, 0.15) is 35.7 Å². The van der Waals surface area contributed by atoms with Crippen molar-refractivity contribution >= 4 is 11.8 Å². The number of aliphatic hydroxyl groups excluding tert-OH is 1. The van der Waals surface area contributed by atoms with Crippen LogP contribution in [-0.2, 0) is 4.74 Å². The molecule has 1 unspecified atom stereocenters. The molecule has 1 aromatic heterocycles. The highest BCUT2D eigenvalue weighted by atomic mass is 19.1. The Bertz CT molecular complexity index is 715. The van der Waals surface area contributed by atoms with E-state index < -0.39 is 17.7 Å². The number of ether oxygens (including phenoxy) is 2. The van der Waals surface area contributed by atoms with Crippen LogP contribution in [0.4, 0.5) is 10.2 Å². The van der Waals surface area contributed by atoms with Crippen LogP contribution in [0.15, 0.2) is 36.7 Å². The number of benzene rings is 1. The van der Waals surface area contributed by atoms with Crippen molar-refractivity contribution in [1.29, 1.82) is 0 Å². The fraction of sp³-hybridized carbons (Fsp3) is 0.389. The minimum Gasteiger partial charge on any atom is -0.491 e. The molecule has 0 spiro atoms. The average molecular weight is 363 g/mol. The molecule has 7 nitrogen and oxygen atoms in total. The van der Waals surface area contributed by atoms with Gasteiger partial charge in [-0.3, -0.25) is 0 Å². The van der Waals surface area contributed by atoms with Crippen LogP contribution in [0, 0.1) is 5.82 Å². The molecule has 0 aliphatic rings. The first-order chi connectivity index (χ1) is 12.2. The number of hydrogen-bond acceptors (Lipinski definition) is 7. The van der Waals surface area contributed by atoms with Crippen molar-refractivity contribution < 1.29 is 23.8 Å². The molecule has 8 heteroatoms. The minimum atomic E-state index is -0.813. The van der Waals surface area contributed by atoms with Gasteiger partial charge in [0.2, 0.25) is 0 Å². The molecule has 0 fully saturated rings. The van der Waals surface area contributed by atoms with Gasteiger partial charge in [0.15, 0.2) is 5.69 Å². The lowest BCUT2D eigenvalue weighted by atomic mass is 10.2. The molecule has 2 rings (SSSR count). The van der Waals surface area contributed by atoms with E-state index in [0.29, 0.717) is 11.6 Å². The van der Waals surface area contributed by atoms with Gasteiger partial charge in [-0.2, -0.15) is 0 Å². The van der Waals surface area contributed by atoms with Crippen LogP contribution in [0.2, 0.25) is 0 Å². The van der Waals surface area contributed by atoms with Crippen molar-refractivity contribution in [2.24, 2.45) is 0 Å². The SMILES string of the molecule is CC(C)(C)OC(=O)c1cnc(NCC(O)COc2ccc(F)cc2)cn1. The number of aromatic nitrogens is 2. The molecule has 1 aromatic carbocycles. The van der Waals surface area contributed by atoms with Gasteiger partial charge < -0.3 is 19.9 Å². The van der Waals surface area contributed by atoms with Crippen LogP contribution < -0.4 is 10.1 Å². The van der Waals surface area contributed by atoms with E-state index in [2.05, 4.69) is 15.3 Å². The zero-order valence-electron chi connectivity index (χ0n) is 14.9. The number of esters is 1. The third kappa shape index (κ3) is 6.64. The maximum Gasteiger partial charge on any atom is 0.359 e. The summed E-state index contributed by atoms with van der Waals surface area (Å²) in [5, 5.41) is 12.8. The van der Waals surface area contributed by atoms with Crippen LogP contribution in [0.1, 0.15) is 31.3 Å². The first-order valence-corrected chi connectivity index (χ1v) is 8.08. The number of carbonyl (C=O) groups is 1. The zero-order valence-corrected chi connectivity index (χ0v) is 14.9. The highest BCUT2D eigenvalue weighted by Crippen LogP contribution is 2.12. The normalized spacial score (nSPS) is 12.3. The van der Waals surface area contributed by atoms with Crippen LogP contribution in [0.3, 0.4) is 0 Å². The number of aliphatic hydroxyl groups is 1. The molecule has 2 N–H and O–H groups in total. The predicted molar refractivity (Wildman–Crippen MR) is 93.6 cm³/mol. The largest absolute Gasteiger partial charge is 0.491 e. The number of carbonyl (C=O) groups excluding carboxylic acids is 1. The summed E-state index contributed by atoms with van der Waals surface area (Å²) in [5.74, 6) is -0.0395. The fourth-order valence-electron chi connectivity index (χ4n) is 1.86. The molecular weight excluding hydrogens is 341 g/mol. The van der Waals surface area contributed by atoms with Gasteiger partial charge in [-0.25, -0.2) is 19.2 Å². The number of halogens is 1. The standard InChI is InChI=1S/C18H22FN3O4/c1-18(2,3)26-17(24)15-9-22-16(10-20-15)21-8-13(23)11-25-14-6-4-12(19)5-7-14/h4-7,9-10,13,23H,8,11H2,1-3H3,(H,21,22). The van der Waals surface area contributed by atoms with Gasteiger partial charge in [0, 0.05) is 6.54 Å². The summed E-state index contributed by atoms with van der Waals surface area (Å²) in [7, 11) is 0. The lowest BCUT2D eigenvalue weighted by Crippen LogP contribution is -2.27. The van der Waals surface area contributed by atoms with Crippen LogP contribution in [0.5, 0.6) is 5.75 Å². The second-order valence-corrected chi connectivity index (χ2v) is 6.59. The van der Waals surface area contributed by atoms with E-state index in [1.54, 1.807) is 20.8 Å². The third-order valence-corrected chi connectivity index (χ3v) is 3.03. The summed E-state index contributed by atoms with van der Waals surface area (Å²) >= 11 is 0. The Morgan fingerprint density at radius 1 is 1.23 bits per heavy atom. The first-order valence-electron chi connectivity index (χ1n) is 8.08. The van der Waals surface area contributed by atoms with Gasteiger partial charge in [0.05, 0.1) is 12.4 Å². The quantitative estimate of drug-likeness (QED) is 0.730. The summed E-state index contributed by atoms with van der Waals surface area (Å²) in [4.78, 5) is 19.9. The predicted octanol–water partition coefficient (Wildman–Crippen LogP) is 2.42. The smallest absolute Gasteiger partial charge is 0.359 e. The highest BCUT2D eigenvalue weighted by molar-refractivity contribution is 5.87. The summed E-state index contributed by atoms with van der Waals surface area (Å²) in [6.07, 6.45) is 1.87. The maximum atomic E-state index is 12.8. The summed E-state index contributed by atoms with van der Waals surface area (Å²) in [6.45, 7) is 5.50. The second-order valence-electron chi connectivity index (χ2n) is 6.59. The minimum absolute atomic E-state index is 0.0298. The Labute approximate surface area is 151 Å². The van der Waals surface area contributed by atoms with Crippen LogP contribution in [-0.4, -0.2) is 45.9 Å². The molecule has 0 aliphatic carbocycles. The number of hydrogen-bond donors (Lipinski definition) is 2. The zero-order chi connectivity index (χ0) is 19.2. The van der Waals surface area contributed by atoms with Gasteiger partial charge in [-0.05, 0) is 45.0 Å². The van der Waals surface area contributed by atoms with Crippen molar-refractivity contribution in [3.8, 4) is 5.75 Å². The van der Waals surface area contributed by atoms with Crippen molar-refractivity contribution in [3.05, 3.63) is 48.2 Å². The monoisotopic (exact) mass is 363 g/mol. The molecule has 26 heavy (non-hydrogen) atoms. The molecule has 0 saturated heterocycles. The average Bonchev–Trinajstić information content (AvgIpc) is 2.58. The molecular formula is C18H22FN3O4. The number of nitrogens with zero attached hydrogens (tertiary/aromatic N) is 2. The Morgan fingerprint density at radius 3 is 2.50 bits per heavy atom. The number of anilines is 1. The van der Waals surface area contributed by atoms with Gasteiger partial charge in [-0.1, -0.05) is 0 Å². The summed E-state index contributed by atoms with van der Waals surface area (Å²) < 4.78 is 23.4. The van der Waals surface area contributed by atoms with Crippen LogP contribution in [0.25, 0.3) is 0 Å². The van der Waals surface area contributed by atoms with Gasteiger partial charge >= 0.3 is 5.97 Å². The lowest BCUT2D eigenvalue weighted by molar-refractivity contribution is 0.00623.